The van der Waals surface area contributed by atoms with Crippen LogP contribution in [0.25, 0.3) is 0 Å². The number of rotatable bonds is 5. The van der Waals surface area contributed by atoms with E-state index in [1.807, 2.05) is 31.2 Å². The Labute approximate surface area is 123 Å². The number of benzene rings is 1. The zero-order valence-electron chi connectivity index (χ0n) is 8.92. The Morgan fingerprint density at radius 3 is 2.59 bits per heavy atom. The Morgan fingerprint density at radius 2 is 2.06 bits per heavy atom. The number of aliphatic hydroxyl groups is 1. The molecule has 1 atom stereocenters. The predicted octanol–water partition coefficient (Wildman–Crippen LogP) is 0.00712. The minimum absolute atomic E-state index is 0. The van der Waals surface area contributed by atoms with Gasteiger partial charge < -0.3 is 10.4 Å². The van der Waals surface area contributed by atoms with Gasteiger partial charge in [0.15, 0.2) is 0 Å². The number of nitrogens with one attached hydrogen (secondary N) is 1. The van der Waals surface area contributed by atoms with Crippen LogP contribution >= 0.6 is 0 Å². The van der Waals surface area contributed by atoms with E-state index in [1.165, 1.54) is 0 Å². The van der Waals surface area contributed by atoms with Crippen molar-refractivity contribution in [3.8, 4) is 0 Å². The number of aliphatic hydroxyl groups excluding tert-OH is 1. The van der Waals surface area contributed by atoms with E-state index in [0.29, 0.717) is 0 Å². The molecule has 5 nitrogen and oxygen atoms in total. The second-order valence-corrected chi connectivity index (χ2v) is 5.15. The second-order valence-electron chi connectivity index (χ2n) is 3.65. The van der Waals surface area contributed by atoms with E-state index < -0.39 is 22.0 Å². The fourth-order valence-corrected chi connectivity index (χ4v) is 1.90. The van der Waals surface area contributed by atoms with Gasteiger partial charge in [0.2, 0.25) is 0 Å². The first-order chi connectivity index (χ1) is 7.37. The van der Waals surface area contributed by atoms with Crippen molar-refractivity contribution in [2.45, 2.75) is 13.0 Å². The zero-order valence-corrected chi connectivity index (χ0v) is 9.74. The van der Waals surface area contributed by atoms with Crippen LogP contribution in [-0.2, 0) is 10.1 Å². The van der Waals surface area contributed by atoms with E-state index in [0.717, 1.165) is 11.3 Å². The van der Waals surface area contributed by atoms with E-state index in [9.17, 15) is 13.5 Å². The molecule has 0 amide bonds. The van der Waals surface area contributed by atoms with Crippen LogP contribution in [0.3, 0.4) is 0 Å². The number of anilines is 1. The zero-order chi connectivity index (χ0) is 12.2. The summed E-state index contributed by atoms with van der Waals surface area (Å²) in [7, 11) is -4.13. The van der Waals surface area contributed by atoms with Gasteiger partial charge in [-0.05, 0) is 24.6 Å². The summed E-state index contributed by atoms with van der Waals surface area (Å²) >= 11 is 0. The summed E-state index contributed by atoms with van der Waals surface area (Å²) in [5.74, 6) is -0.661. The van der Waals surface area contributed by atoms with Crippen molar-refractivity contribution in [1.82, 2.24) is 0 Å². The summed E-state index contributed by atoms with van der Waals surface area (Å²) in [5, 5.41) is 12.2. The maximum atomic E-state index is 10.5. The molecule has 0 aliphatic carbocycles. The molecular formula is C10H16NNaO4S. The molecule has 0 fully saturated rings. The average molecular weight is 269 g/mol. The van der Waals surface area contributed by atoms with Gasteiger partial charge in [-0.3, -0.25) is 4.55 Å². The third kappa shape index (κ3) is 7.75. The molecular weight excluding hydrogens is 253 g/mol. The summed E-state index contributed by atoms with van der Waals surface area (Å²) in [6.45, 7) is 2.00. The molecule has 0 spiro atoms. The molecule has 3 N–H and O–H groups in total. The van der Waals surface area contributed by atoms with E-state index in [1.54, 1.807) is 0 Å². The summed E-state index contributed by atoms with van der Waals surface area (Å²) in [6.07, 6.45) is -1.13. The monoisotopic (exact) mass is 269 g/mol. The Morgan fingerprint density at radius 1 is 1.41 bits per heavy atom. The Bertz CT molecular complexity index is 449. The summed E-state index contributed by atoms with van der Waals surface area (Å²) in [4.78, 5) is 0. The Balaban J connectivity index is 0.00000256. The van der Waals surface area contributed by atoms with Gasteiger partial charge in [-0.15, -0.1) is 0 Å². The summed E-state index contributed by atoms with van der Waals surface area (Å²) < 4.78 is 29.5. The van der Waals surface area contributed by atoms with Crippen molar-refractivity contribution in [1.29, 1.82) is 0 Å². The fraction of sp³-hybridized carbons (Fsp3) is 0.400. The fourth-order valence-electron chi connectivity index (χ4n) is 1.29. The van der Waals surface area contributed by atoms with Gasteiger partial charge in [0.25, 0.3) is 10.1 Å². The number of hydrogen-bond donors (Lipinski definition) is 3. The molecule has 1 aromatic rings. The van der Waals surface area contributed by atoms with Gasteiger partial charge in [-0.2, -0.15) is 8.42 Å². The van der Waals surface area contributed by atoms with Gasteiger partial charge in [0.05, 0.1) is 6.10 Å². The van der Waals surface area contributed by atoms with Crippen molar-refractivity contribution in [2.75, 3.05) is 17.6 Å². The molecule has 0 aliphatic rings. The molecule has 1 unspecified atom stereocenters. The standard InChI is InChI=1S/C10H15NO4S.Na.H/c1-8-3-2-4-9(5-8)11-6-10(12)7-16(13,14)15;;/h2-5,10-12H,6-7H2,1H3,(H,13,14,15);;. The molecule has 92 valence electrons. The van der Waals surface area contributed by atoms with Crippen LogP contribution in [0.2, 0.25) is 0 Å². The Kier molecular flexibility index (Phi) is 7.30. The molecule has 0 saturated heterocycles. The van der Waals surface area contributed by atoms with Gasteiger partial charge in [0.1, 0.15) is 5.75 Å². The topological polar surface area (TPSA) is 86.6 Å². The first kappa shape index (κ1) is 16.9. The van der Waals surface area contributed by atoms with Gasteiger partial charge in [-0.25, -0.2) is 0 Å². The van der Waals surface area contributed by atoms with Crippen LogP contribution in [0.1, 0.15) is 5.56 Å². The second kappa shape index (κ2) is 7.35. The van der Waals surface area contributed by atoms with Crippen molar-refractivity contribution >= 4 is 45.4 Å². The van der Waals surface area contributed by atoms with Gasteiger partial charge in [0, 0.05) is 12.2 Å². The van der Waals surface area contributed by atoms with E-state index in [4.69, 9.17) is 4.55 Å². The van der Waals surface area contributed by atoms with E-state index in [-0.39, 0.29) is 36.1 Å². The van der Waals surface area contributed by atoms with Crippen molar-refractivity contribution in [2.24, 2.45) is 0 Å². The summed E-state index contributed by atoms with van der Waals surface area (Å²) in [6, 6.07) is 7.47. The first-order valence-electron chi connectivity index (χ1n) is 4.80. The molecule has 0 aliphatic heterocycles. The Hall–Kier alpha value is -0.110. The molecule has 0 radical (unpaired) electrons. The molecule has 17 heavy (non-hydrogen) atoms. The minimum atomic E-state index is -4.13. The van der Waals surface area contributed by atoms with E-state index >= 15 is 0 Å². The number of hydrogen-bond acceptors (Lipinski definition) is 4. The van der Waals surface area contributed by atoms with Crippen LogP contribution in [0.15, 0.2) is 24.3 Å². The molecule has 1 rings (SSSR count). The predicted molar refractivity (Wildman–Crippen MR) is 69.2 cm³/mol. The summed E-state index contributed by atoms with van der Waals surface area (Å²) in [5.41, 5.74) is 1.86. The van der Waals surface area contributed by atoms with E-state index in [2.05, 4.69) is 5.32 Å². The third-order valence-electron chi connectivity index (χ3n) is 1.96. The number of aryl methyl sites for hydroxylation is 1. The molecule has 0 bridgehead atoms. The van der Waals surface area contributed by atoms with Crippen LogP contribution in [0.4, 0.5) is 5.69 Å². The van der Waals surface area contributed by atoms with Crippen LogP contribution in [-0.4, -0.2) is 66.0 Å². The molecule has 0 aromatic heterocycles. The SMILES string of the molecule is Cc1cccc(NCC(O)CS(=O)(=O)O)c1.[NaH]. The van der Waals surface area contributed by atoms with Crippen molar-refractivity contribution < 1.29 is 18.1 Å². The van der Waals surface area contributed by atoms with Gasteiger partial charge in [-0.1, -0.05) is 12.1 Å². The molecule has 0 heterocycles. The quantitative estimate of drug-likeness (QED) is 0.518. The van der Waals surface area contributed by atoms with Gasteiger partial charge >= 0.3 is 29.6 Å². The molecule has 0 saturated carbocycles. The van der Waals surface area contributed by atoms with Crippen LogP contribution in [0, 0.1) is 6.92 Å². The van der Waals surface area contributed by atoms with Crippen LogP contribution < -0.4 is 5.32 Å². The average Bonchev–Trinajstić information content (AvgIpc) is 2.12. The van der Waals surface area contributed by atoms with Crippen LogP contribution in [0.5, 0.6) is 0 Å². The molecule has 7 heteroatoms. The van der Waals surface area contributed by atoms with Crippen molar-refractivity contribution in [3.63, 3.8) is 0 Å². The maximum absolute atomic E-state index is 10.5. The van der Waals surface area contributed by atoms with Crippen molar-refractivity contribution in [3.05, 3.63) is 29.8 Å². The first-order valence-corrected chi connectivity index (χ1v) is 6.41. The third-order valence-corrected chi connectivity index (χ3v) is 2.77. The molecule has 1 aromatic carbocycles. The normalized spacial score (nSPS) is 12.6.